The Morgan fingerprint density at radius 3 is 3.00 bits per heavy atom. The van der Waals surface area contributed by atoms with Gasteiger partial charge in [-0.15, -0.1) is 0 Å². The van der Waals surface area contributed by atoms with Crippen molar-refractivity contribution in [2.75, 3.05) is 19.7 Å². The van der Waals surface area contributed by atoms with Gasteiger partial charge in [0.1, 0.15) is 5.82 Å². The molecule has 138 valence electrons. The average molecular weight is 349 g/mol. The fourth-order valence-electron chi connectivity index (χ4n) is 4.08. The van der Waals surface area contributed by atoms with E-state index >= 15 is 0 Å². The highest BCUT2D eigenvalue weighted by Gasteiger charge is 2.59. The number of fused-ring (bicyclic) bond motifs is 1. The summed E-state index contributed by atoms with van der Waals surface area (Å²) in [5, 5.41) is 17.0. The van der Waals surface area contributed by atoms with Crippen LogP contribution in [-0.4, -0.2) is 42.9 Å². The standard InChI is InChI=1S/C19H28FN3O2/c1-4-21-18(22-11-15(24)12-6-5-7-13(20)10-12)23-16-14-8-9-25-17(14)19(16,2)3/h5-7,10,14-17,24H,4,8-9,11H2,1-3H3,(H2,21,22,23). The van der Waals surface area contributed by atoms with E-state index in [4.69, 9.17) is 4.74 Å². The summed E-state index contributed by atoms with van der Waals surface area (Å²) in [6.07, 6.45) is 0.547. The normalized spacial score (nSPS) is 28.8. The SMILES string of the molecule is CCNC(=NCC(O)c1cccc(F)c1)NC1C2CCOC2C1(C)C. The summed E-state index contributed by atoms with van der Waals surface area (Å²) >= 11 is 0. The van der Waals surface area contributed by atoms with Gasteiger partial charge in [-0.25, -0.2) is 4.39 Å². The van der Waals surface area contributed by atoms with Crippen LogP contribution in [0, 0.1) is 17.2 Å². The second-order valence-corrected chi connectivity index (χ2v) is 7.48. The number of nitrogens with one attached hydrogen (secondary N) is 2. The van der Waals surface area contributed by atoms with E-state index in [-0.39, 0.29) is 17.8 Å². The molecule has 0 bridgehead atoms. The third kappa shape index (κ3) is 3.65. The third-order valence-electron chi connectivity index (χ3n) is 5.39. The van der Waals surface area contributed by atoms with Gasteiger partial charge in [0, 0.05) is 30.5 Å². The molecule has 1 aliphatic heterocycles. The molecule has 25 heavy (non-hydrogen) atoms. The zero-order valence-electron chi connectivity index (χ0n) is 15.1. The Hall–Kier alpha value is -1.66. The van der Waals surface area contributed by atoms with Crippen LogP contribution in [0.1, 0.15) is 38.9 Å². The van der Waals surface area contributed by atoms with E-state index in [0.717, 1.165) is 19.6 Å². The van der Waals surface area contributed by atoms with Crippen LogP contribution in [0.25, 0.3) is 0 Å². The van der Waals surface area contributed by atoms with Gasteiger partial charge in [-0.05, 0) is 31.0 Å². The molecule has 4 unspecified atom stereocenters. The highest BCUT2D eigenvalue weighted by Crippen LogP contribution is 2.52. The number of hydrogen-bond acceptors (Lipinski definition) is 3. The second-order valence-electron chi connectivity index (χ2n) is 7.48. The van der Waals surface area contributed by atoms with Gasteiger partial charge < -0.3 is 20.5 Å². The van der Waals surface area contributed by atoms with E-state index in [1.807, 2.05) is 6.92 Å². The number of hydrogen-bond donors (Lipinski definition) is 3. The Balaban J connectivity index is 1.65. The monoisotopic (exact) mass is 349 g/mol. The first-order valence-electron chi connectivity index (χ1n) is 9.03. The van der Waals surface area contributed by atoms with Crippen molar-refractivity contribution in [2.24, 2.45) is 16.3 Å². The molecule has 2 fully saturated rings. The molecule has 5 nitrogen and oxygen atoms in total. The highest BCUT2D eigenvalue weighted by molar-refractivity contribution is 5.80. The summed E-state index contributed by atoms with van der Waals surface area (Å²) in [5.41, 5.74) is 0.589. The van der Waals surface area contributed by atoms with Gasteiger partial charge in [0.05, 0.1) is 18.8 Å². The highest BCUT2D eigenvalue weighted by atomic mass is 19.1. The zero-order valence-corrected chi connectivity index (χ0v) is 15.1. The van der Waals surface area contributed by atoms with Crippen molar-refractivity contribution in [3.63, 3.8) is 0 Å². The summed E-state index contributed by atoms with van der Waals surface area (Å²) in [4.78, 5) is 4.50. The minimum absolute atomic E-state index is 0.0541. The first-order chi connectivity index (χ1) is 11.9. The lowest BCUT2D eigenvalue weighted by molar-refractivity contribution is -0.106. The summed E-state index contributed by atoms with van der Waals surface area (Å²) in [7, 11) is 0. The number of rotatable bonds is 5. The second kappa shape index (κ2) is 7.30. The van der Waals surface area contributed by atoms with Crippen molar-refractivity contribution < 1.29 is 14.2 Å². The molecule has 1 saturated carbocycles. The molecule has 1 aromatic rings. The number of halogens is 1. The number of aliphatic hydroxyl groups excluding tert-OH is 1. The molecule has 3 rings (SSSR count). The van der Waals surface area contributed by atoms with E-state index in [1.54, 1.807) is 12.1 Å². The molecule has 2 aliphatic rings. The third-order valence-corrected chi connectivity index (χ3v) is 5.39. The topological polar surface area (TPSA) is 65.9 Å². The van der Waals surface area contributed by atoms with E-state index in [9.17, 15) is 9.50 Å². The van der Waals surface area contributed by atoms with Crippen LogP contribution in [0.5, 0.6) is 0 Å². The summed E-state index contributed by atoms with van der Waals surface area (Å²) in [5.74, 6) is 0.836. The van der Waals surface area contributed by atoms with Crippen molar-refractivity contribution in [1.29, 1.82) is 0 Å². The smallest absolute Gasteiger partial charge is 0.191 e. The van der Waals surface area contributed by atoms with Crippen molar-refractivity contribution in [2.45, 2.75) is 45.4 Å². The Morgan fingerprint density at radius 2 is 2.28 bits per heavy atom. The first-order valence-corrected chi connectivity index (χ1v) is 9.03. The molecule has 1 aliphatic carbocycles. The van der Waals surface area contributed by atoms with Gasteiger partial charge >= 0.3 is 0 Å². The lowest BCUT2D eigenvalue weighted by Crippen LogP contribution is -2.68. The molecule has 6 heteroatoms. The number of guanidine groups is 1. The molecule has 0 spiro atoms. The maximum atomic E-state index is 13.3. The number of aliphatic imine (C=N–C) groups is 1. The van der Waals surface area contributed by atoms with Crippen LogP contribution in [0.4, 0.5) is 4.39 Å². The van der Waals surface area contributed by atoms with Gasteiger partial charge in [0.15, 0.2) is 5.96 Å². The van der Waals surface area contributed by atoms with E-state index in [1.165, 1.54) is 12.1 Å². The molecule has 1 aromatic carbocycles. The van der Waals surface area contributed by atoms with Crippen LogP contribution in [0.3, 0.4) is 0 Å². The van der Waals surface area contributed by atoms with E-state index in [2.05, 4.69) is 29.5 Å². The number of aliphatic hydroxyl groups is 1. The lowest BCUT2D eigenvalue weighted by Gasteiger charge is -2.54. The molecule has 1 heterocycles. The summed E-state index contributed by atoms with van der Waals surface area (Å²) < 4.78 is 19.1. The predicted molar refractivity (Wildman–Crippen MR) is 95.9 cm³/mol. The molecule has 0 aromatic heterocycles. The predicted octanol–water partition coefficient (Wildman–Crippen LogP) is 2.23. The van der Waals surface area contributed by atoms with Crippen molar-refractivity contribution >= 4 is 5.96 Å². The van der Waals surface area contributed by atoms with Crippen molar-refractivity contribution in [1.82, 2.24) is 10.6 Å². The molecule has 4 atom stereocenters. The largest absolute Gasteiger partial charge is 0.386 e. The van der Waals surface area contributed by atoms with Crippen LogP contribution < -0.4 is 10.6 Å². The Labute approximate surface area is 148 Å². The van der Waals surface area contributed by atoms with Gasteiger partial charge in [-0.2, -0.15) is 0 Å². The van der Waals surface area contributed by atoms with Gasteiger partial charge in [-0.1, -0.05) is 26.0 Å². The number of nitrogens with zero attached hydrogens (tertiary/aromatic N) is 1. The van der Waals surface area contributed by atoms with Gasteiger partial charge in [0.25, 0.3) is 0 Å². The van der Waals surface area contributed by atoms with E-state index < -0.39 is 6.10 Å². The first kappa shape index (κ1) is 18.1. The lowest BCUT2D eigenvalue weighted by atomic mass is 9.57. The molecular formula is C19H28FN3O2. The number of ether oxygens (including phenoxy) is 1. The van der Waals surface area contributed by atoms with Crippen LogP contribution in [-0.2, 0) is 4.74 Å². The molecule has 0 amide bonds. The fourth-order valence-corrected chi connectivity index (χ4v) is 4.08. The molecule has 3 N–H and O–H groups in total. The Morgan fingerprint density at radius 1 is 1.48 bits per heavy atom. The quantitative estimate of drug-likeness (QED) is 0.563. The Bertz CT molecular complexity index is 635. The van der Waals surface area contributed by atoms with Gasteiger partial charge in [0.2, 0.25) is 0 Å². The average Bonchev–Trinajstić information content (AvgIpc) is 3.04. The number of benzene rings is 1. The maximum Gasteiger partial charge on any atom is 0.191 e. The van der Waals surface area contributed by atoms with Crippen LogP contribution in [0.15, 0.2) is 29.3 Å². The molecule has 0 radical (unpaired) electrons. The molecule has 1 saturated heterocycles. The van der Waals surface area contributed by atoms with Gasteiger partial charge in [-0.3, -0.25) is 4.99 Å². The van der Waals surface area contributed by atoms with Crippen molar-refractivity contribution in [3.05, 3.63) is 35.6 Å². The molecular weight excluding hydrogens is 321 g/mol. The Kier molecular flexibility index (Phi) is 5.29. The maximum absolute atomic E-state index is 13.3. The zero-order chi connectivity index (χ0) is 18.0. The summed E-state index contributed by atoms with van der Waals surface area (Å²) in [6, 6.07) is 6.31. The fraction of sp³-hybridized carbons (Fsp3) is 0.632. The van der Waals surface area contributed by atoms with Crippen molar-refractivity contribution in [3.8, 4) is 0 Å². The van der Waals surface area contributed by atoms with Crippen LogP contribution >= 0.6 is 0 Å². The minimum Gasteiger partial charge on any atom is -0.386 e. The summed E-state index contributed by atoms with van der Waals surface area (Å²) in [6.45, 7) is 8.16. The van der Waals surface area contributed by atoms with Crippen LogP contribution in [0.2, 0.25) is 0 Å². The minimum atomic E-state index is -0.830. The van der Waals surface area contributed by atoms with E-state index in [0.29, 0.717) is 29.6 Å².